The molecule has 12 heteroatoms. The predicted octanol–water partition coefficient (Wildman–Crippen LogP) is 4.34. The van der Waals surface area contributed by atoms with Crippen LogP contribution in [0, 0.1) is 6.92 Å². The third-order valence-electron chi connectivity index (χ3n) is 5.39. The first kappa shape index (κ1) is 24.8. The summed E-state index contributed by atoms with van der Waals surface area (Å²) >= 11 is 12.2. The standard InChI is InChI=1S/C23H20Cl2N4O5S/c1-13-4-2-5-16(8-13)35(33,34)29-12-15(28-23(31)32)9-19-20(29)10-14(11-26-19)27-22(30)21-17(24)6-3-7-18(21)25/h2-8,10-11,15,28H,9,12H2,1H3,(H,27,30)(H,31,32). The van der Waals surface area contributed by atoms with E-state index in [0.717, 1.165) is 9.87 Å². The molecule has 4 rings (SSSR count). The molecule has 182 valence electrons. The Hall–Kier alpha value is -3.34. The number of aromatic nitrogens is 1. The second kappa shape index (κ2) is 9.73. The van der Waals surface area contributed by atoms with E-state index in [0.29, 0.717) is 5.69 Å². The topological polar surface area (TPSA) is 129 Å². The molecule has 1 atom stereocenters. The average Bonchev–Trinajstić information content (AvgIpc) is 2.78. The Morgan fingerprint density at radius 2 is 1.80 bits per heavy atom. The van der Waals surface area contributed by atoms with Crippen molar-refractivity contribution in [1.29, 1.82) is 0 Å². The number of halogens is 2. The van der Waals surface area contributed by atoms with Crippen molar-refractivity contribution in [2.45, 2.75) is 24.3 Å². The van der Waals surface area contributed by atoms with Crippen LogP contribution in [-0.2, 0) is 16.4 Å². The molecule has 0 saturated heterocycles. The van der Waals surface area contributed by atoms with Gasteiger partial charge in [-0.15, -0.1) is 0 Å². The molecule has 35 heavy (non-hydrogen) atoms. The van der Waals surface area contributed by atoms with Gasteiger partial charge in [0.2, 0.25) is 0 Å². The quantitative estimate of drug-likeness (QED) is 0.446. The first-order valence-corrected chi connectivity index (χ1v) is 12.6. The van der Waals surface area contributed by atoms with E-state index in [9.17, 15) is 23.1 Å². The lowest BCUT2D eigenvalue weighted by atomic mass is 10.0. The molecule has 0 fully saturated rings. The number of sulfonamides is 1. The molecule has 1 aromatic heterocycles. The van der Waals surface area contributed by atoms with Crippen LogP contribution in [0.25, 0.3) is 0 Å². The number of carboxylic acid groups (broad SMARTS) is 1. The highest BCUT2D eigenvalue weighted by Gasteiger charge is 2.35. The molecule has 1 unspecified atom stereocenters. The predicted molar refractivity (Wildman–Crippen MR) is 133 cm³/mol. The van der Waals surface area contributed by atoms with Crippen molar-refractivity contribution in [3.8, 4) is 0 Å². The van der Waals surface area contributed by atoms with Gasteiger partial charge in [0.1, 0.15) is 0 Å². The number of nitrogens with zero attached hydrogens (tertiary/aromatic N) is 2. The summed E-state index contributed by atoms with van der Waals surface area (Å²) in [6.07, 6.45) is 0.264. The minimum absolute atomic E-state index is 0.0525. The largest absolute Gasteiger partial charge is 0.465 e. The van der Waals surface area contributed by atoms with Crippen LogP contribution in [0.15, 0.2) is 59.6 Å². The van der Waals surface area contributed by atoms with Crippen LogP contribution in [0.4, 0.5) is 16.2 Å². The molecule has 3 N–H and O–H groups in total. The molecular formula is C23H20Cl2N4O5S. The Morgan fingerprint density at radius 3 is 2.46 bits per heavy atom. The fraction of sp³-hybridized carbons (Fsp3) is 0.174. The number of pyridine rings is 1. The molecule has 2 amide bonds. The number of fused-ring (bicyclic) bond motifs is 1. The summed E-state index contributed by atoms with van der Waals surface area (Å²) in [4.78, 5) is 28.4. The number of rotatable bonds is 5. The Bertz CT molecular complexity index is 1410. The van der Waals surface area contributed by atoms with E-state index >= 15 is 0 Å². The van der Waals surface area contributed by atoms with Gasteiger partial charge in [0, 0.05) is 6.42 Å². The normalized spacial score (nSPS) is 15.3. The third kappa shape index (κ3) is 5.19. The fourth-order valence-corrected chi connectivity index (χ4v) is 6.03. The highest BCUT2D eigenvalue weighted by molar-refractivity contribution is 7.92. The first-order chi connectivity index (χ1) is 16.6. The highest BCUT2D eigenvalue weighted by atomic mass is 35.5. The number of nitrogens with one attached hydrogen (secondary N) is 2. The monoisotopic (exact) mass is 534 g/mol. The van der Waals surface area contributed by atoms with Gasteiger partial charge in [0.25, 0.3) is 15.9 Å². The van der Waals surface area contributed by atoms with Crippen LogP contribution in [0.1, 0.15) is 21.6 Å². The lowest BCUT2D eigenvalue weighted by molar-refractivity contribution is 0.102. The zero-order valence-electron chi connectivity index (χ0n) is 18.3. The summed E-state index contributed by atoms with van der Waals surface area (Å²) in [5.74, 6) is -0.586. The summed E-state index contributed by atoms with van der Waals surface area (Å²) in [5, 5.41) is 14.5. The van der Waals surface area contributed by atoms with E-state index in [2.05, 4.69) is 15.6 Å². The smallest absolute Gasteiger partial charge is 0.404 e. The van der Waals surface area contributed by atoms with Gasteiger partial charge in [-0.2, -0.15) is 0 Å². The minimum atomic E-state index is -4.07. The second-order valence-electron chi connectivity index (χ2n) is 7.94. The van der Waals surface area contributed by atoms with Crippen LogP contribution < -0.4 is 14.9 Å². The molecule has 0 spiro atoms. The maximum absolute atomic E-state index is 13.6. The highest BCUT2D eigenvalue weighted by Crippen LogP contribution is 2.34. The molecule has 0 aliphatic carbocycles. The zero-order chi connectivity index (χ0) is 25.3. The Kier molecular flexibility index (Phi) is 6.88. The molecular weight excluding hydrogens is 515 g/mol. The zero-order valence-corrected chi connectivity index (χ0v) is 20.7. The molecule has 0 bridgehead atoms. The van der Waals surface area contributed by atoms with Crippen molar-refractivity contribution in [2.24, 2.45) is 0 Å². The van der Waals surface area contributed by atoms with Crippen molar-refractivity contribution in [3.63, 3.8) is 0 Å². The summed E-state index contributed by atoms with van der Waals surface area (Å²) in [7, 11) is -4.07. The van der Waals surface area contributed by atoms with Crippen LogP contribution in [0.2, 0.25) is 10.0 Å². The number of carbonyl (C=O) groups is 2. The van der Waals surface area contributed by atoms with Crippen molar-refractivity contribution in [1.82, 2.24) is 10.3 Å². The number of anilines is 2. The maximum Gasteiger partial charge on any atom is 0.404 e. The van der Waals surface area contributed by atoms with E-state index in [-0.39, 0.29) is 44.8 Å². The molecule has 2 aromatic carbocycles. The molecule has 0 radical (unpaired) electrons. The van der Waals surface area contributed by atoms with Gasteiger partial charge in [-0.05, 0) is 42.8 Å². The van der Waals surface area contributed by atoms with Gasteiger partial charge in [0.15, 0.2) is 0 Å². The lowest BCUT2D eigenvalue weighted by Gasteiger charge is -2.34. The molecule has 1 aliphatic rings. The van der Waals surface area contributed by atoms with E-state index in [1.807, 2.05) is 0 Å². The molecule has 2 heterocycles. The summed E-state index contributed by atoms with van der Waals surface area (Å²) in [6.45, 7) is 1.62. The SMILES string of the molecule is Cc1cccc(S(=O)(=O)N2CC(NC(=O)O)Cc3ncc(NC(=O)c4c(Cl)cccc4Cl)cc32)c1. The first-order valence-electron chi connectivity index (χ1n) is 10.4. The van der Waals surface area contributed by atoms with Gasteiger partial charge >= 0.3 is 6.09 Å². The van der Waals surface area contributed by atoms with Crippen molar-refractivity contribution in [3.05, 3.63) is 81.6 Å². The lowest BCUT2D eigenvalue weighted by Crippen LogP contribution is -2.50. The fourth-order valence-electron chi connectivity index (χ4n) is 3.83. The Balaban J connectivity index is 1.74. The van der Waals surface area contributed by atoms with Crippen LogP contribution >= 0.6 is 23.2 Å². The van der Waals surface area contributed by atoms with E-state index in [1.165, 1.54) is 36.5 Å². The number of amides is 2. The Labute approximate surface area is 211 Å². The van der Waals surface area contributed by atoms with Crippen LogP contribution in [0.3, 0.4) is 0 Å². The molecule has 1 aliphatic heterocycles. The van der Waals surface area contributed by atoms with Gasteiger partial charge in [-0.1, -0.05) is 41.4 Å². The average molecular weight is 535 g/mol. The van der Waals surface area contributed by atoms with Crippen molar-refractivity contribution in [2.75, 3.05) is 16.2 Å². The Morgan fingerprint density at radius 1 is 1.11 bits per heavy atom. The number of hydrogen-bond acceptors (Lipinski definition) is 5. The number of carbonyl (C=O) groups excluding carboxylic acids is 1. The van der Waals surface area contributed by atoms with E-state index in [4.69, 9.17) is 23.2 Å². The summed E-state index contributed by atoms with van der Waals surface area (Å²) in [5.41, 5.74) is 1.64. The number of aryl methyl sites for hydroxylation is 1. The van der Waals surface area contributed by atoms with Gasteiger partial charge in [-0.3, -0.25) is 14.1 Å². The van der Waals surface area contributed by atoms with Gasteiger partial charge in [0.05, 0.1) is 56.4 Å². The molecule has 0 saturated carbocycles. The molecule has 9 nitrogen and oxygen atoms in total. The number of benzene rings is 2. The van der Waals surface area contributed by atoms with Crippen molar-refractivity contribution < 1.29 is 23.1 Å². The van der Waals surface area contributed by atoms with Gasteiger partial charge in [-0.25, -0.2) is 13.2 Å². The van der Waals surface area contributed by atoms with E-state index in [1.54, 1.807) is 25.1 Å². The summed E-state index contributed by atoms with van der Waals surface area (Å²) in [6, 6.07) is 11.8. The molecule has 3 aromatic rings. The minimum Gasteiger partial charge on any atom is -0.465 e. The van der Waals surface area contributed by atoms with Gasteiger partial charge < -0.3 is 15.7 Å². The van der Waals surface area contributed by atoms with Crippen molar-refractivity contribution >= 4 is 56.6 Å². The second-order valence-corrected chi connectivity index (χ2v) is 10.6. The number of hydrogen-bond donors (Lipinski definition) is 3. The maximum atomic E-state index is 13.6. The summed E-state index contributed by atoms with van der Waals surface area (Å²) < 4.78 is 28.3. The van der Waals surface area contributed by atoms with E-state index < -0.39 is 28.1 Å². The van der Waals surface area contributed by atoms with Crippen LogP contribution in [0.5, 0.6) is 0 Å². The third-order valence-corrected chi connectivity index (χ3v) is 7.80. The van der Waals surface area contributed by atoms with Crippen LogP contribution in [-0.4, -0.2) is 43.1 Å².